The van der Waals surface area contributed by atoms with Crippen molar-refractivity contribution in [3.05, 3.63) is 40.8 Å². The number of halogens is 1. The Kier molecular flexibility index (Phi) is 2.82. The third-order valence-electron chi connectivity index (χ3n) is 3.66. The minimum atomic E-state index is -0.360. The summed E-state index contributed by atoms with van der Waals surface area (Å²) in [6.45, 7) is 3.12. The van der Waals surface area contributed by atoms with Crippen LogP contribution in [0.2, 0.25) is 0 Å². The van der Waals surface area contributed by atoms with Crippen LogP contribution in [0.3, 0.4) is 0 Å². The van der Waals surface area contributed by atoms with Crippen molar-refractivity contribution in [2.75, 3.05) is 13.6 Å². The Balaban J connectivity index is 2.40. The zero-order valence-electron chi connectivity index (χ0n) is 11.0. The molecule has 98 valence electrons. The lowest BCUT2D eigenvalue weighted by atomic mass is 9.94. The summed E-state index contributed by atoms with van der Waals surface area (Å²) in [7, 11) is 2.02. The number of carbonyl (C=O) groups is 1. The molecule has 1 aromatic carbocycles. The summed E-state index contributed by atoms with van der Waals surface area (Å²) in [5.41, 5.74) is 2.77. The van der Waals surface area contributed by atoms with Crippen molar-refractivity contribution in [2.45, 2.75) is 19.9 Å². The Hall–Kier alpha value is -1.81. The molecule has 0 saturated carbocycles. The SMILES string of the molecule is CC(=O)c1c2c(nc3c(F)cccc13)CCN(C)C2. The molecule has 0 atom stereocenters. The fourth-order valence-corrected chi connectivity index (χ4v) is 2.76. The molecule has 2 heterocycles. The van der Waals surface area contributed by atoms with Gasteiger partial charge in [-0.05, 0) is 25.6 Å². The normalized spacial score (nSPS) is 15.5. The molecule has 0 unspecified atom stereocenters. The van der Waals surface area contributed by atoms with Crippen molar-refractivity contribution >= 4 is 16.7 Å². The summed E-state index contributed by atoms with van der Waals surface area (Å²) in [6.07, 6.45) is 0.760. The number of ketones is 1. The molecule has 1 aromatic heterocycles. The maximum atomic E-state index is 13.9. The Morgan fingerprint density at radius 1 is 1.42 bits per heavy atom. The highest BCUT2D eigenvalue weighted by Crippen LogP contribution is 2.29. The van der Waals surface area contributed by atoms with Crippen molar-refractivity contribution in [3.63, 3.8) is 0 Å². The van der Waals surface area contributed by atoms with Crippen LogP contribution in [0, 0.1) is 5.82 Å². The quantitative estimate of drug-likeness (QED) is 0.737. The minimum absolute atomic E-state index is 0.0236. The number of pyridine rings is 1. The molecule has 2 aromatic rings. The molecule has 4 heteroatoms. The molecule has 0 bridgehead atoms. The highest BCUT2D eigenvalue weighted by molar-refractivity contribution is 6.07. The van der Waals surface area contributed by atoms with Gasteiger partial charge in [0, 0.05) is 36.2 Å². The Morgan fingerprint density at radius 2 is 2.21 bits per heavy atom. The summed E-state index contributed by atoms with van der Waals surface area (Å²) in [6, 6.07) is 4.79. The van der Waals surface area contributed by atoms with E-state index in [0.717, 1.165) is 24.2 Å². The Bertz CT molecular complexity index is 681. The number of nitrogens with zero attached hydrogens (tertiary/aromatic N) is 2. The molecule has 1 aliphatic rings. The van der Waals surface area contributed by atoms with E-state index in [4.69, 9.17) is 0 Å². The predicted molar refractivity (Wildman–Crippen MR) is 71.7 cm³/mol. The number of carbonyl (C=O) groups excluding carboxylic acids is 1. The van der Waals surface area contributed by atoms with E-state index in [1.54, 1.807) is 12.1 Å². The first kappa shape index (κ1) is 12.2. The number of hydrogen-bond acceptors (Lipinski definition) is 3. The fraction of sp³-hybridized carbons (Fsp3) is 0.333. The minimum Gasteiger partial charge on any atom is -0.302 e. The van der Waals surface area contributed by atoms with Crippen molar-refractivity contribution < 1.29 is 9.18 Å². The van der Waals surface area contributed by atoms with E-state index in [9.17, 15) is 9.18 Å². The summed E-state index contributed by atoms with van der Waals surface area (Å²) in [5, 5.41) is 0.626. The van der Waals surface area contributed by atoms with E-state index in [1.807, 2.05) is 7.05 Å². The molecule has 1 aliphatic heterocycles. The lowest BCUT2D eigenvalue weighted by Gasteiger charge is -2.26. The summed E-state index contributed by atoms with van der Waals surface area (Å²) in [4.78, 5) is 18.6. The van der Waals surface area contributed by atoms with E-state index in [1.165, 1.54) is 13.0 Å². The zero-order valence-corrected chi connectivity index (χ0v) is 11.0. The van der Waals surface area contributed by atoms with Crippen LogP contribution in [0.15, 0.2) is 18.2 Å². The topological polar surface area (TPSA) is 33.2 Å². The Morgan fingerprint density at radius 3 is 2.95 bits per heavy atom. The number of para-hydroxylation sites is 1. The van der Waals surface area contributed by atoms with Gasteiger partial charge in [-0.25, -0.2) is 9.37 Å². The molecule has 0 radical (unpaired) electrons. The third-order valence-corrected chi connectivity index (χ3v) is 3.66. The lowest BCUT2D eigenvalue weighted by Crippen LogP contribution is -2.29. The van der Waals surface area contributed by atoms with Gasteiger partial charge in [-0.2, -0.15) is 0 Å². The van der Waals surface area contributed by atoms with E-state index in [0.29, 0.717) is 23.0 Å². The van der Waals surface area contributed by atoms with Gasteiger partial charge >= 0.3 is 0 Å². The van der Waals surface area contributed by atoms with Crippen LogP contribution < -0.4 is 0 Å². The molecule has 0 aliphatic carbocycles. The average molecular weight is 258 g/mol. The Labute approximate surface area is 111 Å². The predicted octanol–water partition coefficient (Wildman–Crippen LogP) is 2.56. The molecule has 0 amide bonds. The van der Waals surface area contributed by atoms with Crippen molar-refractivity contribution in [1.29, 1.82) is 0 Å². The van der Waals surface area contributed by atoms with Crippen LogP contribution in [0.1, 0.15) is 28.5 Å². The van der Waals surface area contributed by atoms with Gasteiger partial charge in [0.2, 0.25) is 0 Å². The molecular formula is C15H15FN2O. The van der Waals surface area contributed by atoms with Crippen LogP contribution in [0.4, 0.5) is 4.39 Å². The first-order valence-electron chi connectivity index (χ1n) is 6.37. The number of hydrogen-bond donors (Lipinski definition) is 0. The number of rotatable bonds is 1. The van der Waals surface area contributed by atoms with Gasteiger partial charge in [-0.3, -0.25) is 4.79 Å². The van der Waals surface area contributed by atoms with Crippen LogP contribution in [-0.2, 0) is 13.0 Å². The number of Topliss-reactive ketones (excluding diaryl/α,β-unsaturated/α-hetero) is 1. The molecule has 0 saturated heterocycles. The second-order valence-corrected chi connectivity index (χ2v) is 5.09. The maximum Gasteiger partial charge on any atom is 0.160 e. The van der Waals surface area contributed by atoms with Gasteiger partial charge in [-0.15, -0.1) is 0 Å². The van der Waals surface area contributed by atoms with Crippen LogP contribution in [-0.4, -0.2) is 29.3 Å². The molecular weight excluding hydrogens is 243 g/mol. The number of likely N-dealkylation sites (N-methyl/N-ethyl adjacent to an activating group) is 1. The first-order chi connectivity index (χ1) is 9.08. The molecule has 0 N–H and O–H groups in total. The van der Waals surface area contributed by atoms with Gasteiger partial charge < -0.3 is 4.90 Å². The molecule has 0 spiro atoms. The highest BCUT2D eigenvalue weighted by Gasteiger charge is 2.23. The zero-order chi connectivity index (χ0) is 13.6. The van der Waals surface area contributed by atoms with E-state index < -0.39 is 0 Å². The van der Waals surface area contributed by atoms with Gasteiger partial charge in [0.1, 0.15) is 11.3 Å². The summed E-state index contributed by atoms with van der Waals surface area (Å²) in [5.74, 6) is -0.383. The van der Waals surface area contributed by atoms with Gasteiger partial charge in [-0.1, -0.05) is 12.1 Å². The van der Waals surface area contributed by atoms with Gasteiger partial charge in [0.05, 0.1) is 0 Å². The summed E-state index contributed by atoms with van der Waals surface area (Å²) < 4.78 is 13.9. The van der Waals surface area contributed by atoms with Crippen molar-refractivity contribution in [2.24, 2.45) is 0 Å². The van der Waals surface area contributed by atoms with Gasteiger partial charge in [0.25, 0.3) is 0 Å². The largest absolute Gasteiger partial charge is 0.302 e. The van der Waals surface area contributed by atoms with Gasteiger partial charge in [0.15, 0.2) is 5.78 Å². The van der Waals surface area contributed by atoms with Crippen LogP contribution in [0.5, 0.6) is 0 Å². The fourth-order valence-electron chi connectivity index (χ4n) is 2.76. The maximum absolute atomic E-state index is 13.9. The molecule has 19 heavy (non-hydrogen) atoms. The van der Waals surface area contributed by atoms with Crippen molar-refractivity contribution in [1.82, 2.24) is 9.88 Å². The number of fused-ring (bicyclic) bond motifs is 2. The smallest absolute Gasteiger partial charge is 0.160 e. The first-order valence-corrected chi connectivity index (χ1v) is 6.37. The van der Waals surface area contributed by atoms with Crippen LogP contribution in [0.25, 0.3) is 10.9 Å². The highest BCUT2D eigenvalue weighted by atomic mass is 19.1. The van der Waals surface area contributed by atoms with Crippen LogP contribution >= 0.6 is 0 Å². The summed E-state index contributed by atoms with van der Waals surface area (Å²) >= 11 is 0. The standard InChI is InChI=1S/C15H15FN2O/c1-9(19)14-10-4-3-5-12(16)15(10)17-13-6-7-18(2)8-11(13)14/h3-5H,6-8H2,1-2H3. The second-order valence-electron chi connectivity index (χ2n) is 5.09. The van der Waals surface area contributed by atoms with Crippen molar-refractivity contribution in [3.8, 4) is 0 Å². The van der Waals surface area contributed by atoms with E-state index >= 15 is 0 Å². The molecule has 3 nitrogen and oxygen atoms in total. The van der Waals surface area contributed by atoms with E-state index in [-0.39, 0.29) is 11.6 Å². The molecule has 3 rings (SSSR count). The average Bonchev–Trinajstić information content (AvgIpc) is 2.36. The lowest BCUT2D eigenvalue weighted by molar-refractivity contribution is 0.101. The second kappa shape index (κ2) is 4.38. The third kappa shape index (κ3) is 1.92. The van der Waals surface area contributed by atoms with E-state index in [2.05, 4.69) is 9.88 Å². The number of aromatic nitrogens is 1. The number of benzene rings is 1. The molecule has 0 fully saturated rings. The monoisotopic (exact) mass is 258 g/mol.